The van der Waals surface area contributed by atoms with Gasteiger partial charge in [0.1, 0.15) is 0 Å². The number of methoxy groups -OCH3 is 1. The second-order valence-electron chi connectivity index (χ2n) is 6.15. The van der Waals surface area contributed by atoms with Crippen LogP contribution in [0, 0.1) is 5.92 Å². The molecule has 3 atom stereocenters. The van der Waals surface area contributed by atoms with Gasteiger partial charge in [0.25, 0.3) is 0 Å². The van der Waals surface area contributed by atoms with Crippen LogP contribution in [0.3, 0.4) is 0 Å². The normalized spacial score (nSPS) is 31.5. The van der Waals surface area contributed by atoms with Gasteiger partial charge in [0, 0.05) is 19.1 Å². The summed E-state index contributed by atoms with van der Waals surface area (Å²) < 4.78 is 7.32. The molecule has 0 amide bonds. The van der Waals surface area contributed by atoms with E-state index in [-0.39, 0.29) is 6.04 Å². The van der Waals surface area contributed by atoms with Crippen LogP contribution < -0.4 is 16.0 Å². The Labute approximate surface area is 120 Å². The first-order chi connectivity index (χ1) is 9.65. The Balaban J connectivity index is 1.85. The molecule has 2 fully saturated rings. The van der Waals surface area contributed by atoms with Crippen LogP contribution in [0.4, 0.5) is 0 Å². The molecule has 0 aromatic carbocycles. The molecular weight excluding hydrogens is 254 g/mol. The van der Waals surface area contributed by atoms with Gasteiger partial charge in [-0.15, -0.1) is 0 Å². The average Bonchev–Trinajstić information content (AvgIpc) is 2.88. The molecule has 3 unspecified atom stereocenters. The first-order valence-electron chi connectivity index (χ1n) is 7.39. The van der Waals surface area contributed by atoms with Crippen LogP contribution >= 0.6 is 0 Å². The molecule has 6 nitrogen and oxygen atoms in total. The van der Waals surface area contributed by atoms with Crippen molar-refractivity contribution in [2.24, 2.45) is 18.8 Å². The molecule has 2 aliphatic rings. The number of hydrogen-bond acceptors (Lipinski definition) is 5. The Morgan fingerprint density at radius 2 is 2.00 bits per heavy atom. The standard InChI is InChI=1S/C14H25N5O/c1-18-10-4-5-11(18)7-9(6-10)13(17-15)14-12(20-3)8-16-19(14)2/h8-11,13,17H,4-7,15H2,1-3H3. The van der Waals surface area contributed by atoms with Crippen molar-refractivity contribution < 1.29 is 4.74 Å². The second kappa shape index (κ2) is 5.35. The van der Waals surface area contributed by atoms with Crippen LogP contribution in [0.1, 0.15) is 37.4 Å². The first kappa shape index (κ1) is 13.9. The largest absolute Gasteiger partial charge is 0.493 e. The third-order valence-electron chi connectivity index (χ3n) is 5.25. The third kappa shape index (κ3) is 2.12. The highest BCUT2D eigenvalue weighted by atomic mass is 16.5. The van der Waals surface area contributed by atoms with Gasteiger partial charge < -0.3 is 9.64 Å². The summed E-state index contributed by atoms with van der Waals surface area (Å²) in [6.45, 7) is 0. The van der Waals surface area contributed by atoms with Crippen LogP contribution in [-0.4, -0.2) is 40.9 Å². The smallest absolute Gasteiger partial charge is 0.161 e. The number of fused-ring (bicyclic) bond motifs is 2. The molecule has 3 N–H and O–H groups in total. The lowest BCUT2D eigenvalue weighted by Crippen LogP contribution is -2.45. The van der Waals surface area contributed by atoms with Gasteiger partial charge >= 0.3 is 0 Å². The van der Waals surface area contributed by atoms with Gasteiger partial charge in [-0.05, 0) is 38.6 Å². The van der Waals surface area contributed by atoms with Crippen LogP contribution in [0.2, 0.25) is 0 Å². The average molecular weight is 279 g/mol. The number of aromatic nitrogens is 2. The SMILES string of the molecule is COc1cnn(C)c1C(NN)C1CC2CCC(C1)N2C. The zero-order valence-corrected chi connectivity index (χ0v) is 12.5. The minimum Gasteiger partial charge on any atom is -0.493 e. The number of nitrogens with zero attached hydrogens (tertiary/aromatic N) is 3. The van der Waals surface area contributed by atoms with Gasteiger partial charge in [-0.3, -0.25) is 16.0 Å². The molecule has 1 aromatic heterocycles. The summed E-state index contributed by atoms with van der Waals surface area (Å²) in [7, 11) is 5.90. The molecular formula is C14H25N5O. The third-order valence-corrected chi connectivity index (χ3v) is 5.25. The Bertz CT molecular complexity index is 460. The van der Waals surface area contributed by atoms with Crippen molar-refractivity contribution in [2.45, 2.75) is 43.8 Å². The van der Waals surface area contributed by atoms with Gasteiger partial charge in [0.15, 0.2) is 5.75 Å². The van der Waals surface area contributed by atoms with Crippen molar-refractivity contribution in [2.75, 3.05) is 14.2 Å². The maximum Gasteiger partial charge on any atom is 0.161 e. The molecule has 112 valence electrons. The minimum atomic E-state index is 0.106. The molecule has 6 heteroatoms. The Hall–Kier alpha value is -1.11. The lowest BCUT2D eigenvalue weighted by molar-refractivity contribution is 0.110. The van der Waals surface area contributed by atoms with E-state index in [1.165, 1.54) is 25.7 Å². The zero-order valence-electron chi connectivity index (χ0n) is 12.5. The highest BCUT2D eigenvalue weighted by Crippen LogP contribution is 2.43. The van der Waals surface area contributed by atoms with E-state index >= 15 is 0 Å². The maximum absolute atomic E-state index is 5.87. The fourth-order valence-electron chi connectivity index (χ4n) is 4.10. The van der Waals surface area contributed by atoms with Crippen molar-refractivity contribution >= 4 is 0 Å². The molecule has 0 radical (unpaired) electrons. The summed E-state index contributed by atoms with van der Waals surface area (Å²) in [5.41, 5.74) is 4.07. The molecule has 20 heavy (non-hydrogen) atoms. The summed E-state index contributed by atoms with van der Waals surface area (Å²) in [4.78, 5) is 2.55. The van der Waals surface area contributed by atoms with Crippen LogP contribution in [0.5, 0.6) is 5.75 Å². The van der Waals surface area contributed by atoms with Crippen LogP contribution in [-0.2, 0) is 7.05 Å². The van der Waals surface area contributed by atoms with E-state index in [9.17, 15) is 0 Å². The number of piperidine rings is 1. The van der Waals surface area contributed by atoms with Gasteiger partial charge in [0.2, 0.25) is 0 Å². The summed E-state index contributed by atoms with van der Waals surface area (Å²) in [6.07, 6.45) is 6.78. The molecule has 3 rings (SSSR count). The lowest BCUT2D eigenvalue weighted by atomic mass is 9.84. The highest BCUT2D eigenvalue weighted by Gasteiger charge is 2.42. The summed E-state index contributed by atoms with van der Waals surface area (Å²) in [5, 5.41) is 4.31. The number of aryl methyl sites for hydroxylation is 1. The molecule has 2 saturated heterocycles. The van der Waals surface area contributed by atoms with Gasteiger partial charge in [-0.2, -0.15) is 5.10 Å². The molecule has 0 aliphatic carbocycles. The summed E-state index contributed by atoms with van der Waals surface area (Å²) in [6, 6.07) is 1.51. The molecule has 2 aliphatic heterocycles. The van der Waals surface area contributed by atoms with E-state index in [0.717, 1.165) is 11.4 Å². The van der Waals surface area contributed by atoms with Crippen molar-refractivity contribution in [3.8, 4) is 5.75 Å². The number of rotatable bonds is 4. The van der Waals surface area contributed by atoms with Crippen molar-refractivity contribution in [1.29, 1.82) is 0 Å². The Kier molecular flexibility index (Phi) is 3.70. The Morgan fingerprint density at radius 1 is 1.35 bits per heavy atom. The topological polar surface area (TPSA) is 68.3 Å². The fraction of sp³-hybridized carbons (Fsp3) is 0.786. The number of ether oxygens (including phenoxy) is 1. The van der Waals surface area contributed by atoms with Crippen molar-refractivity contribution in [3.63, 3.8) is 0 Å². The molecule has 0 saturated carbocycles. The monoisotopic (exact) mass is 279 g/mol. The highest BCUT2D eigenvalue weighted by molar-refractivity contribution is 5.29. The van der Waals surface area contributed by atoms with Crippen molar-refractivity contribution in [3.05, 3.63) is 11.9 Å². The van der Waals surface area contributed by atoms with Crippen LogP contribution in [0.15, 0.2) is 6.20 Å². The first-order valence-corrected chi connectivity index (χ1v) is 7.39. The van der Waals surface area contributed by atoms with Gasteiger partial charge in [-0.1, -0.05) is 0 Å². The van der Waals surface area contributed by atoms with E-state index in [0.29, 0.717) is 18.0 Å². The predicted octanol–water partition coefficient (Wildman–Crippen LogP) is 0.806. The molecule has 2 bridgehead atoms. The van der Waals surface area contributed by atoms with E-state index in [2.05, 4.69) is 22.5 Å². The molecule has 0 spiro atoms. The lowest BCUT2D eigenvalue weighted by Gasteiger charge is -2.39. The fourth-order valence-corrected chi connectivity index (χ4v) is 4.10. The summed E-state index contributed by atoms with van der Waals surface area (Å²) >= 11 is 0. The quantitative estimate of drug-likeness (QED) is 0.630. The number of nitrogens with one attached hydrogen (secondary N) is 1. The minimum absolute atomic E-state index is 0.106. The molecule has 1 aromatic rings. The van der Waals surface area contributed by atoms with Gasteiger partial charge in [-0.25, -0.2) is 0 Å². The maximum atomic E-state index is 5.87. The number of hydrogen-bond donors (Lipinski definition) is 2. The van der Waals surface area contributed by atoms with E-state index in [4.69, 9.17) is 10.6 Å². The zero-order chi connectivity index (χ0) is 14.3. The van der Waals surface area contributed by atoms with Crippen LogP contribution in [0.25, 0.3) is 0 Å². The van der Waals surface area contributed by atoms with E-state index < -0.39 is 0 Å². The predicted molar refractivity (Wildman–Crippen MR) is 77.1 cm³/mol. The van der Waals surface area contributed by atoms with E-state index in [1.807, 2.05) is 11.7 Å². The number of nitrogens with two attached hydrogens (primary N) is 1. The van der Waals surface area contributed by atoms with Gasteiger partial charge in [0.05, 0.1) is 25.0 Å². The molecule has 3 heterocycles. The number of hydrazine groups is 1. The van der Waals surface area contributed by atoms with E-state index in [1.54, 1.807) is 13.3 Å². The summed E-state index contributed by atoms with van der Waals surface area (Å²) in [5.74, 6) is 7.23. The second-order valence-corrected chi connectivity index (χ2v) is 6.15. The Morgan fingerprint density at radius 3 is 2.55 bits per heavy atom. The van der Waals surface area contributed by atoms with Crippen molar-refractivity contribution in [1.82, 2.24) is 20.1 Å².